The first-order valence-electron chi connectivity index (χ1n) is 9.50. The van der Waals surface area contributed by atoms with Gasteiger partial charge in [-0.2, -0.15) is 5.10 Å². The van der Waals surface area contributed by atoms with Crippen molar-refractivity contribution >= 4 is 22.8 Å². The van der Waals surface area contributed by atoms with Crippen LogP contribution >= 0.6 is 0 Å². The number of aliphatic hydroxyl groups excluding tert-OH is 1. The minimum Gasteiger partial charge on any atom is -0.385 e. The molecule has 1 saturated carbocycles. The van der Waals surface area contributed by atoms with Crippen molar-refractivity contribution in [3.8, 4) is 0 Å². The summed E-state index contributed by atoms with van der Waals surface area (Å²) in [5.41, 5.74) is -0.0528. The van der Waals surface area contributed by atoms with E-state index in [0.717, 1.165) is 24.5 Å². The predicted molar refractivity (Wildman–Crippen MR) is 101 cm³/mol. The first-order valence-corrected chi connectivity index (χ1v) is 9.50. The summed E-state index contributed by atoms with van der Waals surface area (Å²) in [6, 6.07) is 1.88. The van der Waals surface area contributed by atoms with Gasteiger partial charge in [0.1, 0.15) is 35.6 Å². The minimum absolute atomic E-state index is 0.0441. The lowest BCUT2D eigenvalue weighted by atomic mass is 9.89. The number of hydrogen-bond donors (Lipinski definition) is 4. The lowest BCUT2D eigenvalue weighted by Crippen LogP contribution is -2.49. The zero-order valence-electron chi connectivity index (χ0n) is 16.0. The number of H-pyrrole nitrogens is 1. The summed E-state index contributed by atoms with van der Waals surface area (Å²) < 4.78 is 54.9. The van der Waals surface area contributed by atoms with Crippen molar-refractivity contribution in [3.05, 3.63) is 47.4 Å². The molecule has 2 heterocycles. The first-order chi connectivity index (χ1) is 14.8. The Morgan fingerprint density at radius 3 is 2.90 bits per heavy atom. The van der Waals surface area contributed by atoms with Crippen LogP contribution in [0.1, 0.15) is 35.3 Å². The summed E-state index contributed by atoms with van der Waals surface area (Å²) in [5.74, 6) is -5.25. The molecule has 0 spiro atoms. The van der Waals surface area contributed by atoms with E-state index in [1.165, 1.54) is 0 Å². The Labute approximate surface area is 173 Å². The van der Waals surface area contributed by atoms with E-state index in [4.69, 9.17) is 0 Å². The summed E-state index contributed by atoms with van der Waals surface area (Å²) in [6.07, 6.45) is -0.718. The zero-order chi connectivity index (χ0) is 22.2. The van der Waals surface area contributed by atoms with E-state index in [1.54, 1.807) is 0 Å². The third-order valence-corrected chi connectivity index (χ3v) is 5.19. The molecule has 164 valence electrons. The van der Waals surface area contributed by atoms with Crippen LogP contribution in [0.5, 0.6) is 0 Å². The van der Waals surface area contributed by atoms with Crippen LogP contribution in [0.4, 0.5) is 23.4 Å². The van der Waals surface area contributed by atoms with Crippen LogP contribution in [0.25, 0.3) is 11.0 Å². The number of aromatic nitrogens is 4. The molecule has 3 aromatic rings. The number of anilines is 1. The number of fused-ring (bicyclic) bond motifs is 1. The van der Waals surface area contributed by atoms with E-state index < -0.39 is 42.0 Å². The molecule has 1 aromatic carbocycles. The molecule has 4 N–H and O–H groups in total. The van der Waals surface area contributed by atoms with Crippen LogP contribution < -0.4 is 10.6 Å². The lowest BCUT2D eigenvalue weighted by Gasteiger charge is -2.35. The Bertz CT molecular complexity index is 1120. The summed E-state index contributed by atoms with van der Waals surface area (Å²) in [6.45, 7) is -0.299. The molecule has 0 radical (unpaired) electrons. The van der Waals surface area contributed by atoms with Crippen molar-refractivity contribution in [2.24, 2.45) is 0 Å². The maximum atomic E-state index is 13.9. The molecule has 1 amide bonds. The van der Waals surface area contributed by atoms with Gasteiger partial charge in [0.05, 0.1) is 11.4 Å². The number of aliphatic hydroxyl groups is 1. The Kier molecular flexibility index (Phi) is 5.48. The van der Waals surface area contributed by atoms with Gasteiger partial charge in [0, 0.05) is 18.5 Å². The Morgan fingerprint density at radius 1 is 1.29 bits per heavy atom. The predicted octanol–water partition coefficient (Wildman–Crippen LogP) is 2.52. The molecule has 1 fully saturated rings. The largest absolute Gasteiger partial charge is 0.385 e. The smallest absolute Gasteiger partial charge is 0.275 e. The minimum atomic E-state index is -3.24. The highest BCUT2D eigenvalue weighted by atomic mass is 19.3. The van der Waals surface area contributed by atoms with E-state index in [9.17, 15) is 27.5 Å². The van der Waals surface area contributed by atoms with Crippen molar-refractivity contribution < 1.29 is 27.5 Å². The normalized spacial score (nSPS) is 20.5. The van der Waals surface area contributed by atoms with Crippen LogP contribution in [-0.4, -0.2) is 49.2 Å². The second-order valence-corrected chi connectivity index (χ2v) is 7.29. The molecule has 0 aliphatic heterocycles. The number of hydrogen-bond acceptors (Lipinski definition) is 6. The molecule has 2 atom stereocenters. The molecule has 4 rings (SSSR count). The van der Waals surface area contributed by atoms with Gasteiger partial charge < -0.3 is 15.7 Å². The van der Waals surface area contributed by atoms with E-state index in [-0.39, 0.29) is 47.5 Å². The van der Waals surface area contributed by atoms with Gasteiger partial charge in [-0.3, -0.25) is 9.89 Å². The maximum Gasteiger partial charge on any atom is 0.275 e. The van der Waals surface area contributed by atoms with Crippen molar-refractivity contribution in [2.75, 3.05) is 5.32 Å². The fourth-order valence-electron chi connectivity index (χ4n) is 3.56. The number of nitrogens with zero attached hydrogens (tertiary/aromatic N) is 3. The SMILES string of the molecule is O=C(NCc1cc(F)ccc1F)c1[nH]nc2ncnc(N[C@H]3CCCC(F)(F)[C@@H]3O)c12. The molecule has 2 aromatic heterocycles. The summed E-state index contributed by atoms with van der Waals surface area (Å²) >= 11 is 0. The number of rotatable bonds is 5. The molecule has 1 aliphatic carbocycles. The zero-order valence-corrected chi connectivity index (χ0v) is 16.0. The van der Waals surface area contributed by atoms with Gasteiger partial charge in [-0.1, -0.05) is 0 Å². The monoisotopic (exact) mass is 438 g/mol. The third-order valence-electron chi connectivity index (χ3n) is 5.19. The highest BCUT2D eigenvalue weighted by Crippen LogP contribution is 2.35. The van der Waals surface area contributed by atoms with Gasteiger partial charge >= 0.3 is 0 Å². The third kappa shape index (κ3) is 4.15. The molecular formula is C19H18F4N6O2. The highest BCUT2D eigenvalue weighted by Gasteiger charge is 2.46. The summed E-state index contributed by atoms with van der Waals surface area (Å²) in [7, 11) is 0. The lowest BCUT2D eigenvalue weighted by molar-refractivity contribution is -0.135. The van der Waals surface area contributed by atoms with Crippen molar-refractivity contribution in [1.82, 2.24) is 25.5 Å². The first kappa shape index (κ1) is 21.0. The molecule has 31 heavy (non-hydrogen) atoms. The van der Waals surface area contributed by atoms with Crippen LogP contribution in [0.15, 0.2) is 24.5 Å². The van der Waals surface area contributed by atoms with Crippen molar-refractivity contribution in [3.63, 3.8) is 0 Å². The van der Waals surface area contributed by atoms with Crippen LogP contribution in [0, 0.1) is 11.6 Å². The number of halogens is 4. The topological polar surface area (TPSA) is 116 Å². The van der Waals surface area contributed by atoms with Gasteiger partial charge in [-0.25, -0.2) is 27.5 Å². The van der Waals surface area contributed by atoms with Gasteiger partial charge in [-0.15, -0.1) is 0 Å². The number of carbonyl (C=O) groups excluding carboxylic acids is 1. The van der Waals surface area contributed by atoms with Crippen LogP contribution in [0.3, 0.4) is 0 Å². The number of nitrogens with one attached hydrogen (secondary N) is 3. The maximum absolute atomic E-state index is 13.9. The number of benzene rings is 1. The van der Waals surface area contributed by atoms with Gasteiger partial charge in [-0.05, 0) is 31.0 Å². The second kappa shape index (κ2) is 8.10. The molecule has 12 heteroatoms. The summed E-state index contributed by atoms with van der Waals surface area (Å²) in [5, 5.41) is 21.7. The average molecular weight is 438 g/mol. The molecule has 8 nitrogen and oxygen atoms in total. The quantitative estimate of drug-likeness (QED) is 0.455. The molecule has 1 aliphatic rings. The second-order valence-electron chi connectivity index (χ2n) is 7.29. The van der Waals surface area contributed by atoms with Crippen LogP contribution in [-0.2, 0) is 6.54 Å². The van der Waals surface area contributed by atoms with Crippen LogP contribution in [0.2, 0.25) is 0 Å². The molecule has 0 bridgehead atoms. The molecule has 0 unspecified atom stereocenters. The number of alkyl halides is 2. The Morgan fingerprint density at radius 2 is 2.10 bits per heavy atom. The van der Waals surface area contributed by atoms with Gasteiger partial charge in [0.2, 0.25) is 0 Å². The van der Waals surface area contributed by atoms with Gasteiger partial charge in [0.15, 0.2) is 5.65 Å². The fourth-order valence-corrected chi connectivity index (χ4v) is 3.56. The van der Waals surface area contributed by atoms with Gasteiger partial charge in [0.25, 0.3) is 11.8 Å². The van der Waals surface area contributed by atoms with Crippen molar-refractivity contribution in [2.45, 2.75) is 43.9 Å². The van der Waals surface area contributed by atoms with Crippen molar-refractivity contribution in [1.29, 1.82) is 0 Å². The van der Waals surface area contributed by atoms with E-state index in [2.05, 4.69) is 30.8 Å². The Balaban J connectivity index is 1.58. The van der Waals surface area contributed by atoms with E-state index >= 15 is 0 Å². The number of aromatic amines is 1. The molecular weight excluding hydrogens is 420 g/mol. The molecule has 0 saturated heterocycles. The average Bonchev–Trinajstić information content (AvgIpc) is 3.17. The number of carbonyl (C=O) groups is 1. The standard InChI is InChI=1S/C19H18F4N6O2/c20-10-3-4-11(21)9(6-10)7-24-18(31)14-13-16(25-8-26-17(13)29-28-14)27-12-2-1-5-19(22,23)15(12)30/h3-4,6,8,12,15,30H,1-2,5,7H2,(H,24,31)(H2,25,26,27,28,29)/t12-,15+/m0/s1. The highest BCUT2D eigenvalue weighted by molar-refractivity contribution is 6.07. The fraction of sp³-hybridized carbons (Fsp3) is 0.368. The van der Waals surface area contributed by atoms with E-state index in [0.29, 0.717) is 0 Å². The van der Waals surface area contributed by atoms with E-state index in [1.807, 2.05) is 0 Å². The Hall–Kier alpha value is -3.28. The number of amides is 1. The summed E-state index contributed by atoms with van der Waals surface area (Å²) in [4.78, 5) is 20.6.